The van der Waals surface area contributed by atoms with Gasteiger partial charge in [-0.3, -0.25) is 9.59 Å². The molecule has 240 valence electrons. The molecule has 2 aliphatic heterocycles. The molecule has 2 fully saturated rings. The highest BCUT2D eigenvalue weighted by molar-refractivity contribution is 6.42. The Labute approximate surface area is 274 Å². The summed E-state index contributed by atoms with van der Waals surface area (Å²) in [5.74, 6) is 0.734. The van der Waals surface area contributed by atoms with Crippen LogP contribution in [0.5, 0.6) is 17.2 Å². The minimum absolute atomic E-state index is 0.186. The van der Waals surface area contributed by atoms with Gasteiger partial charge in [0, 0.05) is 18.7 Å². The van der Waals surface area contributed by atoms with E-state index in [1.807, 2.05) is 42.5 Å². The average Bonchev–Trinajstić information content (AvgIpc) is 3.08. The smallest absolute Gasteiger partial charge is 0.254 e. The van der Waals surface area contributed by atoms with Crippen LogP contribution in [0.2, 0.25) is 10.0 Å². The van der Waals surface area contributed by atoms with Crippen molar-refractivity contribution in [2.45, 2.75) is 30.3 Å². The van der Waals surface area contributed by atoms with Crippen LogP contribution in [0.15, 0.2) is 60.7 Å². The molecule has 0 aromatic heterocycles. The number of hydrogen-bond donors (Lipinski definition) is 1. The van der Waals surface area contributed by atoms with E-state index in [9.17, 15) is 9.59 Å². The van der Waals surface area contributed by atoms with Gasteiger partial charge in [0.25, 0.3) is 5.91 Å². The summed E-state index contributed by atoms with van der Waals surface area (Å²) >= 11 is 12.8. The molecule has 0 saturated carbocycles. The fourth-order valence-corrected chi connectivity index (χ4v) is 6.82. The lowest BCUT2D eigenvalue weighted by atomic mass is 9.72. The zero-order valence-electron chi connectivity index (χ0n) is 25.8. The zero-order chi connectivity index (χ0) is 32.2. The number of carbonyl (C=O) groups excluding carboxylic acids is 2. The number of nitrogens with two attached hydrogens (primary N) is 1. The van der Waals surface area contributed by atoms with Crippen LogP contribution in [0.1, 0.15) is 40.7 Å². The van der Waals surface area contributed by atoms with Crippen LogP contribution in [0.25, 0.3) is 0 Å². The van der Waals surface area contributed by atoms with Gasteiger partial charge in [-0.25, -0.2) is 0 Å². The molecular weight excluding hydrogens is 617 g/mol. The quantitative estimate of drug-likeness (QED) is 0.316. The Hall–Kier alpha value is -3.50. The number of hydrogen-bond acceptors (Lipinski definition) is 7. The number of ether oxygens (including phenoxy) is 4. The predicted molar refractivity (Wildman–Crippen MR) is 174 cm³/mol. The molecule has 3 aromatic carbocycles. The molecule has 2 aliphatic rings. The number of piperidine rings is 1. The summed E-state index contributed by atoms with van der Waals surface area (Å²) in [7, 11) is 4.56. The van der Waals surface area contributed by atoms with Crippen LogP contribution in [0.4, 0.5) is 0 Å². The maximum atomic E-state index is 14.0. The van der Waals surface area contributed by atoms with Gasteiger partial charge < -0.3 is 34.5 Å². The minimum Gasteiger partial charge on any atom is -0.493 e. The number of halogens is 2. The van der Waals surface area contributed by atoms with Crippen LogP contribution < -0.4 is 19.9 Å². The SMILES string of the molecule is COc1cc(C(=O)N2CCOC(CCN3CCC(C(N)=O)(c4ccccc4)CC3)(c3ccc(Cl)c(Cl)c3)C2)cc(OC)c1OC. The number of nitrogens with zero attached hydrogens (tertiary/aromatic N) is 2. The first-order valence-corrected chi connectivity index (χ1v) is 15.7. The molecule has 0 spiro atoms. The van der Waals surface area contributed by atoms with Crippen molar-refractivity contribution in [2.24, 2.45) is 5.73 Å². The number of rotatable bonds is 10. The van der Waals surface area contributed by atoms with Gasteiger partial charge in [0.2, 0.25) is 11.7 Å². The molecule has 2 heterocycles. The Balaban J connectivity index is 1.39. The molecule has 3 aromatic rings. The number of morpholine rings is 1. The number of carbonyl (C=O) groups is 2. The summed E-state index contributed by atoms with van der Waals surface area (Å²) < 4.78 is 23.0. The Morgan fingerprint density at radius 1 is 0.867 bits per heavy atom. The first-order chi connectivity index (χ1) is 21.7. The Bertz CT molecular complexity index is 1500. The summed E-state index contributed by atoms with van der Waals surface area (Å²) in [6, 6.07) is 18.6. The molecule has 2 amide bonds. The Kier molecular flexibility index (Phi) is 10.1. The molecule has 1 atom stereocenters. The summed E-state index contributed by atoms with van der Waals surface area (Å²) in [4.78, 5) is 30.8. The van der Waals surface area contributed by atoms with E-state index in [-0.39, 0.29) is 11.8 Å². The Morgan fingerprint density at radius 2 is 1.53 bits per heavy atom. The molecule has 0 bridgehead atoms. The molecule has 2 saturated heterocycles. The molecule has 0 aliphatic carbocycles. The van der Waals surface area contributed by atoms with E-state index in [4.69, 9.17) is 47.9 Å². The van der Waals surface area contributed by atoms with Crippen molar-refractivity contribution in [3.8, 4) is 17.2 Å². The van der Waals surface area contributed by atoms with Crippen molar-refractivity contribution in [3.05, 3.63) is 87.4 Å². The molecule has 9 nitrogen and oxygen atoms in total. The van der Waals surface area contributed by atoms with Gasteiger partial charge in [0.15, 0.2) is 11.5 Å². The molecule has 5 rings (SSSR count). The second-order valence-corrected chi connectivity index (χ2v) is 12.3. The fraction of sp³-hybridized carbons (Fsp3) is 0.412. The first-order valence-electron chi connectivity index (χ1n) is 14.9. The highest BCUT2D eigenvalue weighted by Crippen LogP contribution is 2.41. The average molecular weight is 657 g/mol. The van der Waals surface area contributed by atoms with Gasteiger partial charge in [-0.15, -0.1) is 0 Å². The van der Waals surface area contributed by atoms with Gasteiger partial charge >= 0.3 is 0 Å². The van der Waals surface area contributed by atoms with Crippen molar-refractivity contribution >= 4 is 35.0 Å². The van der Waals surface area contributed by atoms with Crippen molar-refractivity contribution < 1.29 is 28.5 Å². The largest absolute Gasteiger partial charge is 0.493 e. The maximum Gasteiger partial charge on any atom is 0.254 e. The lowest BCUT2D eigenvalue weighted by Crippen LogP contribution is -2.54. The van der Waals surface area contributed by atoms with Crippen LogP contribution >= 0.6 is 23.2 Å². The van der Waals surface area contributed by atoms with Gasteiger partial charge in [0.1, 0.15) is 5.60 Å². The molecule has 2 N–H and O–H groups in total. The first kappa shape index (κ1) is 32.9. The topological polar surface area (TPSA) is 104 Å². The van der Waals surface area contributed by atoms with E-state index in [1.165, 1.54) is 21.3 Å². The number of methoxy groups -OCH3 is 3. The normalized spacial score (nSPS) is 20.0. The number of amides is 2. The number of primary amides is 1. The van der Waals surface area contributed by atoms with Crippen LogP contribution in [0.3, 0.4) is 0 Å². The fourth-order valence-electron chi connectivity index (χ4n) is 6.53. The predicted octanol–water partition coefficient (Wildman–Crippen LogP) is 5.30. The highest BCUT2D eigenvalue weighted by Gasteiger charge is 2.44. The summed E-state index contributed by atoms with van der Waals surface area (Å²) in [5, 5.41) is 0.855. The van der Waals surface area contributed by atoms with Gasteiger partial charge in [-0.05, 0) is 67.7 Å². The van der Waals surface area contributed by atoms with E-state index in [0.717, 1.165) is 11.1 Å². The van der Waals surface area contributed by atoms with Crippen molar-refractivity contribution in [2.75, 3.05) is 60.7 Å². The van der Waals surface area contributed by atoms with Crippen LogP contribution in [-0.4, -0.2) is 82.3 Å². The summed E-state index contributed by atoms with van der Waals surface area (Å²) in [5.41, 5.74) is 6.65. The van der Waals surface area contributed by atoms with E-state index >= 15 is 0 Å². The third kappa shape index (κ3) is 6.58. The van der Waals surface area contributed by atoms with Crippen LogP contribution in [-0.2, 0) is 20.5 Å². The lowest BCUT2D eigenvalue weighted by Gasteiger charge is -2.45. The zero-order valence-corrected chi connectivity index (χ0v) is 27.3. The summed E-state index contributed by atoms with van der Waals surface area (Å²) in [6.07, 6.45) is 1.83. The van der Waals surface area contributed by atoms with E-state index < -0.39 is 11.0 Å². The molecule has 1 unspecified atom stereocenters. The number of benzene rings is 3. The van der Waals surface area contributed by atoms with Gasteiger partial charge in [0.05, 0.1) is 49.9 Å². The van der Waals surface area contributed by atoms with E-state index in [1.54, 1.807) is 23.1 Å². The standard InChI is InChI=1S/C34H39Cl2N3O6/c1-42-28-19-23(20-29(43-2)30(28)44-3)31(40)39-17-18-45-34(22-39,25-9-10-26(35)27(36)21-25)13-16-38-14-11-33(12-15-38,32(37)41)24-7-5-4-6-8-24/h4-10,19-21H,11-18,22H2,1-3H3,(H2,37,41). The van der Waals surface area contributed by atoms with Crippen molar-refractivity contribution in [3.63, 3.8) is 0 Å². The summed E-state index contributed by atoms with van der Waals surface area (Å²) in [6.45, 7) is 3.10. The minimum atomic E-state index is -0.847. The third-order valence-electron chi connectivity index (χ3n) is 9.17. The van der Waals surface area contributed by atoms with E-state index in [2.05, 4.69) is 4.90 Å². The van der Waals surface area contributed by atoms with Gasteiger partial charge in [-0.2, -0.15) is 0 Å². The van der Waals surface area contributed by atoms with Crippen molar-refractivity contribution in [1.82, 2.24) is 9.80 Å². The highest BCUT2D eigenvalue weighted by atomic mass is 35.5. The molecule has 45 heavy (non-hydrogen) atoms. The van der Waals surface area contributed by atoms with Gasteiger partial charge in [-0.1, -0.05) is 59.6 Å². The third-order valence-corrected chi connectivity index (χ3v) is 9.91. The number of likely N-dealkylation sites (tertiary alicyclic amines) is 1. The Morgan fingerprint density at radius 3 is 2.11 bits per heavy atom. The second kappa shape index (κ2) is 13.9. The van der Waals surface area contributed by atoms with E-state index in [0.29, 0.717) is 91.5 Å². The molecule has 11 heteroatoms. The monoisotopic (exact) mass is 655 g/mol. The molecule has 0 radical (unpaired) electrons. The van der Waals surface area contributed by atoms with Crippen LogP contribution in [0, 0.1) is 0 Å². The lowest BCUT2D eigenvalue weighted by molar-refractivity contribution is -0.126. The molecular formula is C34H39Cl2N3O6. The maximum absolute atomic E-state index is 14.0. The van der Waals surface area contributed by atoms with Crippen molar-refractivity contribution in [1.29, 1.82) is 0 Å². The second-order valence-electron chi connectivity index (χ2n) is 11.5.